The number of benzene rings is 2. The molecule has 1 aromatic heterocycles. The summed E-state index contributed by atoms with van der Waals surface area (Å²) in [4.78, 5) is 22.8. The zero-order valence-electron chi connectivity index (χ0n) is 17.1. The number of aromatic nitrogens is 1. The first-order valence-corrected chi connectivity index (χ1v) is 12.1. The minimum Gasteiger partial charge on any atom is -0.494 e. The molecule has 8 heteroatoms. The second-order valence-corrected chi connectivity index (χ2v) is 9.76. The Hall–Kier alpha value is -1.96. The number of piperazine rings is 1. The first kappa shape index (κ1) is 21.3. The van der Waals surface area contributed by atoms with Crippen LogP contribution in [0.3, 0.4) is 0 Å². The highest BCUT2D eigenvalue weighted by Crippen LogP contribution is 2.38. The summed E-state index contributed by atoms with van der Waals surface area (Å²) >= 11 is 9.66. The number of hydrogen-bond donors (Lipinski definition) is 0. The van der Waals surface area contributed by atoms with E-state index in [1.165, 1.54) is 10.5 Å². The number of halogens is 1. The Morgan fingerprint density at radius 1 is 1.17 bits per heavy atom. The minimum absolute atomic E-state index is 0.225. The lowest BCUT2D eigenvalue weighted by Crippen LogP contribution is -2.48. The van der Waals surface area contributed by atoms with Crippen molar-refractivity contribution in [2.75, 3.05) is 43.9 Å². The van der Waals surface area contributed by atoms with Crippen molar-refractivity contribution in [2.24, 2.45) is 0 Å². The molecule has 1 fully saturated rings. The summed E-state index contributed by atoms with van der Waals surface area (Å²) in [6.07, 6.45) is 0.562. The average molecular weight is 462 g/mol. The molecule has 1 aliphatic heterocycles. The lowest BCUT2D eigenvalue weighted by molar-refractivity contribution is -0.131. The van der Waals surface area contributed by atoms with Gasteiger partial charge in [0.2, 0.25) is 5.91 Å². The van der Waals surface area contributed by atoms with Gasteiger partial charge in [-0.15, -0.1) is 11.8 Å². The maximum absolute atomic E-state index is 12.6. The van der Waals surface area contributed by atoms with Crippen LogP contribution in [0.2, 0.25) is 5.02 Å². The first-order chi connectivity index (χ1) is 14.5. The maximum Gasteiger partial charge on any atom is 0.223 e. The van der Waals surface area contributed by atoms with Crippen LogP contribution >= 0.6 is 34.7 Å². The predicted molar refractivity (Wildman–Crippen MR) is 126 cm³/mol. The average Bonchev–Trinajstić information content (AvgIpc) is 3.22. The van der Waals surface area contributed by atoms with Crippen LogP contribution in [0.25, 0.3) is 10.2 Å². The Balaban J connectivity index is 1.31. The van der Waals surface area contributed by atoms with Crippen molar-refractivity contribution >= 4 is 56.0 Å². The Kier molecular flexibility index (Phi) is 6.71. The predicted octanol–water partition coefficient (Wildman–Crippen LogP) is 5.10. The molecule has 1 aliphatic rings. The normalized spacial score (nSPS) is 14.4. The zero-order chi connectivity index (χ0) is 21.1. The van der Waals surface area contributed by atoms with Crippen molar-refractivity contribution in [1.82, 2.24) is 9.88 Å². The minimum atomic E-state index is 0.225. The molecule has 0 spiro atoms. The Morgan fingerprint density at radius 3 is 2.60 bits per heavy atom. The number of fused-ring (bicyclic) bond motifs is 1. The molecule has 0 unspecified atom stereocenters. The quantitative estimate of drug-likeness (QED) is 0.478. The van der Waals surface area contributed by atoms with Crippen LogP contribution < -0.4 is 9.64 Å². The van der Waals surface area contributed by atoms with E-state index in [9.17, 15) is 4.79 Å². The molecule has 2 heterocycles. The van der Waals surface area contributed by atoms with Gasteiger partial charge in [0, 0.05) is 43.2 Å². The van der Waals surface area contributed by atoms with Gasteiger partial charge in [-0.1, -0.05) is 40.6 Å². The van der Waals surface area contributed by atoms with E-state index in [0.29, 0.717) is 11.4 Å². The molecule has 158 valence electrons. The number of nitrogens with zero attached hydrogens (tertiary/aromatic N) is 3. The summed E-state index contributed by atoms with van der Waals surface area (Å²) in [5.74, 6) is 1.76. The third kappa shape index (κ3) is 4.68. The van der Waals surface area contributed by atoms with Gasteiger partial charge in [0.1, 0.15) is 11.3 Å². The highest BCUT2D eigenvalue weighted by atomic mass is 35.5. The number of methoxy groups -OCH3 is 1. The van der Waals surface area contributed by atoms with Crippen molar-refractivity contribution in [3.8, 4) is 5.75 Å². The lowest BCUT2D eigenvalue weighted by Gasteiger charge is -2.34. The highest BCUT2D eigenvalue weighted by Gasteiger charge is 2.24. The van der Waals surface area contributed by atoms with Crippen molar-refractivity contribution in [2.45, 2.75) is 18.2 Å². The van der Waals surface area contributed by atoms with Crippen LogP contribution in [0.4, 0.5) is 5.13 Å². The SMILES string of the molecule is COc1ccc(Cl)c2sc(N3CCN(C(=O)CCSc4ccc(C)cc4)CC3)nc12. The van der Waals surface area contributed by atoms with Gasteiger partial charge in [0.25, 0.3) is 0 Å². The summed E-state index contributed by atoms with van der Waals surface area (Å²) < 4.78 is 6.36. The third-order valence-corrected chi connectivity index (χ3v) is 7.77. The summed E-state index contributed by atoms with van der Waals surface area (Å²) in [6.45, 7) is 5.06. The van der Waals surface area contributed by atoms with Gasteiger partial charge < -0.3 is 14.5 Å². The molecule has 0 bridgehead atoms. The third-order valence-electron chi connectivity index (χ3n) is 5.18. The van der Waals surface area contributed by atoms with E-state index in [2.05, 4.69) is 36.1 Å². The van der Waals surface area contributed by atoms with Gasteiger partial charge in [-0.05, 0) is 31.2 Å². The van der Waals surface area contributed by atoms with E-state index in [-0.39, 0.29) is 5.91 Å². The smallest absolute Gasteiger partial charge is 0.223 e. The second kappa shape index (κ2) is 9.45. The number of ether oxygens (including phenoxy) is 1. The molecule has 5 nitrogen and oxygen atoms in total. The molecule has 1 amide bonds. The van der Waals surface area contributed by atoms with Gasteiger partial charge in [0.05, 0.1) is 16.8 Å². The van der Waals surface area contributed by atoms with E-state index in [0.717, 1.165) is 53.0 Å². The molecule has 0 N–H and O–H groups in total. The molecule has 0 aliphatic carbocycles. The Morgan fingerprint density at radius 2 is 1.90 bits per heavy atom. The van der Waals surface area contributed by atoms with Crippen molar-refractivity contribution in [3.05, 3.63) is 47.0 Å². The second-order valence-electron chi connectivity index (χ2n) is 7.20. The molecular weight excluding hydrogens is 438 g/mol. The number of carbonyl (C=O) groups excluding carboxylic acids is 1. The number of thioether (sulfide) groups is 1. The van der Waals surface area contributed by atoms with E-state index >= 15 is 0 Å². The number of amides is 1. The monoisotopic (exact) mass is 461 g/mol. The standard InChI is InChI=1S/C22H24ClN3O2S2/c1-15-3-5-16(6-4-15)29-14-9-19(27)25-10-12-26(13-11-25)22-24-20-18(28-2)8-7-17(23)21(20)30-22/h3-8H,9-14H2,1-2H3. The molecule has 4 rings (SSSR count). The first-order valence-electron chi connectivity index (χ1n) is 9.90. The van der Waals surface area contributed by atoms with Crippen LogP contribution in [-0.2, 0) is 4.79 Å². The maximum atomic E-state index is 12.6. The molecule has 30 heavy (non-hydrogen) atoms. The number of thiazole rings is 1. The number of carbonyl (C=O) groups is 1. The van der Waals surface area contributed by atoms with Crippen LogP contribution in [0, 0.1) is 6.92 Å². The van der Waals surface area contributed by atoms with Crippen molar-refractivity contribution in [1.29, 1.82) is 0 Å². The summed E-state index contributed by atoms with van der Waals surface area (Å²) in [6, 6.07) is 12.1. The Bertz CT molecular complexity index is 1030. The Labute approximate surface area is 190 Å². The summed E-state index contributed by atoms with van der Waals surface area (Å²) in [7, 11) is 1.64. The molecule has 3 aromatic rings. The fraction of sp³-hybridized carbons (Fsp3) is 0.364. The van der Waals surface area contributed by atoms with Crippen LogP contribution in [-0.4, -0.2) is 54.8 Å². The van der Waals surface area contributed by atoms with Gasteiger partial charge in [-0.3, -0.25) is 4.79 Å². The molecular formula is C22H24ClN3O2S2. The fourth-order valence-corrected chi connectivity index (χ4v) is 5.59. The topological polar surface area (TPSA) is 45.7 Å². The van der Waals surface area contributed by atoms with Crippen molar-refractivity contribution in [3.63, 3.8) is 0 Å². The molecule has 1 saturated heterocycles. The number of hydrogen-bond acceptors (Lipinski definition) is 6. The number of anilines is 1. The van der Waals surface area contributed by atoms with Gasteiger partial charge >= 0.3 is 0 Å². The van der Waals surface area contributed by atoms with Gasteiger partial charge in [0.15, 0.2) is 5.13 Å². The summed E-state index contributed by atoms with van der Waals surface area (Å²) in [5.41, 5.74) is 2.05. The van der Waals surface area contributed by atoms with E-state index < -0.39 is 0 Å². The van der Waals surface area contributed by atoms with E-state index in [4.69, 9.17) is 21.3 Å². The molecule has 0 radical (unpaired) electrons. The fourth-order valence-electron chi connectivity index (χ4n) is 3.44. The highest BCUT2D eigenvalue weighted by molar-refractivity contribution is 7.99. The van der Waals surface area contributed by atoms with E-state index in [1.54, 1.807) is 30.2 Å². The van der Waals surface area contributed by atoms with Crippen LogP contribution in [0.5, 0.6) is 5.75 Å². The number of rotatable bonds is 6. The van der Waals surface area contributed by atoms with Crippen LogP contribution in [0.15, 0.2) is 41.3 Å². The zero-order valence-corrected chi connectivity index (χ0v) is 19.4. The van der Waals surface area contributed by atoms with Gasteiger partial charge in [-0.2, -0.15) is 0 Å². The van der Waals surface area contributed by atoms with Crippen molar-refractivity contribution < 1.29 is 9.53 Å². The van der Waals surface area contributed by atoms with Gasteiger partial charge in [-0.25, -0.2) is 4.98 Å². The summed E-state index contributed by atoms with van der Waals surface area (Å²) in [5, 5.41) is 1.62. The largest absolute Gasteiger partial charge is 0.494 e. The molecule has 2 aromatic carbocycles. The van der Waals surface area contributed by atoms with Crippen LogP contribution in [0.1, 0.15) is 12.0 Å². The van der Waals surface area contributed by atoms with E-state index in [1.807, 2.05) is 17.0 Å². The lowest BCUT2D eigenvalue weighted by atomic mass is 10.2. The molecule has 0 atom stereocenters. The molecule has 0 saturated carbocycles. The number of aryl methyl sites for hydroxylation is 1.